The van der Waals surface area contributed by atoms with Crippen LogP contribution in [0.4, 0.5) is 4.39 Å². The van der Waals surface area contributed by atoms with Crippen LogP contribution in [0, 0.1) is 22.6 Å². The SMILES string of the molecule is N#CCC1(COc2c(F)cccc2CBr)CC1. The van der Waals surface area contributed by atoms with Gasteiger partial charge < -0.3 is 4.74 Å². The van der Waals surface area contributed by atoms with Gasteiger partial charge >= 0.3 is 0 Å². The quantitative estimate of drug-likeness (QED) is 0.775. The highest BCUT2D eigenvalue weighted by Crippen LogP contribution is 2.49. The van der Waals surface area contributed by atoms with Crippen molar-refractivity contribution >= 4 is 15.9 Å². The molecule has 0 radical (unpaired) electrons. The van der Waals surface area contributed by atoms with Crippen LogP contribution in [-0.4, -0.2) is 6.61 Å². The van der Waals surface area contributed by atoms with Crippen molar-refractivity contribution < 1.29 is 9.13 Å². The van der Waals surface area contributed by atoms with Gasteiger partial charge in [0, 0.05) is 22.7 Å². The van der Waals surface area contributed by atoms with E-state index < -0.39 is 0 Å². The minimum absolute atomic E-state index is 0.0272. The second-order valence-corrected chi connectivity index (χ2v) is 5.05. The van der Waals surface area contributed by atoms with E-state index in [2.05, 4.69) is 22.0 Å². The molecule has 2 rings (SSSR count). The Hall–Kier alpha value is -1.08. The third-order valence-electron chi connectivity index (χ3n) is 3.13. The summed E-state index contributed by atoms with van der Waals surface area (Å²) in [6.45, 7) is 0.432. The number of halogens is 2. The van der Waals surface area contributed by atoms with Crippen LogP contribution < -0.4 is 4.74 Å². The van der Waals surface area contributed by atoms with Crippen LogP contribution in [0.5, 0.6) is 5.75 Å². The maximum Gasteiger partial charge on any atom is 0.165 e. The molecule has 90 valence electrons. The highest BCUT2D eigenvalue weighted by Gasteiger charge is 2.43. The van der Waals surface area contributed by atoms with E-state index in [0.29, 0.717) is 24.1 Å². The van der Waals surface area contributed by atoms with Crippen LogP contribution >= 0.6 is 15.9 Å². The Morgan fingerprint density at radius 2 is 2.24 bits per heavy atom. The molecule has 0 unspecified atom stereocenters. The molecule has 0 amide bonds. The largest absolute Gasteiger partial charge is 0.490 e. The summed E-state index contributed by atoms with van der Waals surface area (Å²) in [7, 11) is 0. The lowest BCUT2D eigenvalue weighted by atomic mass is 10.1. The van der Waals surface area contributed by atoms with Crippen molar-refractivity contribution in [2.45, 2.75) is 24.6 Å². The van der Waals surface area contributed by atoms with Gasteiger partial charge in [0.2, 0.25) is 0 Å². The lowest BCUT2D eigenvalue weighted by Crippen LogP contribution is -2.13. The first-order chi connectivity index (χ1) is 8.21. The summed E-state index contributed by atoms with van der Waals surface area (Å²) >= 11 is 3.31. The number of nitriles is 1. The molecule has 1 aliphatic rings. The van der Waals surface area contributed by atoms with E-state index >= 15 is 0 Å². The molecule has 1 saturated carbocycles. The van der Waals surface area contributed by atoms with E-state index in [0.717, 1.165) is 18.4 Å². The van der Waals surface area contributed by atoms with Gasteiger partial charge in [-0.3, -0.25) is 0 Å². The Kier molecular flexibility index (Phi) is 3.68. The molecule has 1 aromatic rings. The third kappa shape index (κ3) is 2.78. The fourth-order valence-electron chi connectivity index (χ4n) is 1.76. The average molecular weight is 298 g/mol. The van der Waals surface area contributed by atoms with E-state index in [1.54, 1.807) is 6.07 Å². The molecule has 0 heterocycles. The van der Waals surface area contributed by atoms with Crippen molar-refractivity contribution in [3.63, 3.8) is 0 Å². The average Bonchev–Trinajstić information content (AvgIpc) is 3.08. The summed E-state index contributed by atoms with van der Waals surface area (Å²) in [6.07, 6.45) is 2.49. The maximum absolute atomic E-state index is 13.6. The number of para-hydroxylation sites is 1. The minimum atomic E-state index is -0.338. The molecule has 1 aliphatic carbocycles. The lowest BCUT2D eigenvalue weighted by molar-refractivity contribution is 0.226. The number of benzene rings is 1. The predicted molar refractivity (Wildman–Crippen MR) is 66.4 cm³/mol. The van der Waals surface area contributed by atoms with Crippen molar-refractivity contribution in [1.29, 1.82) is 5.26 Å². The van der Waals surface area contributed by atoms with Crippen molar-refractivity contribution in [2.24, 2.45) is 5.41 Å². The normalized spacial score (nSPS) is 16.3. The van der Waals surface area contributed by atoms with E-state index in [9.17, 15) is 4.39 Å². The Bertz CT molecular complexity index is 451. The van der Waals surface area contributed by atoms with E-state index in [4.69, 9.17) is 10.00 Å². The first-order valence-corrected chi connectivity index (χ1v) is 6.66. The minimum Gasteiger partial charge on any atom is -0.490 e. The van der Waals surface area contributed by atoms with Crippen molar-refractivity contribution in [2.75, 3.05) is 6.61 Å². The van der Waals surface area contributed by atoms with Crippen LogP contribution in [0.3, 0.4) is 0 Å². The fraction of sp³-hybridized carbons (Fsp3) is 0.462. The smallest absolute Gasteiger partial charge is 0.165 e. The zero-order valence-corrected chi connectivity index (χ0v) is 11.0. The van der Waals surface area contributed by atoms with Gasteiger partial charge in [-0.15, -0.1) is 0 Å². The topological polar surface area (TPSA) is 33.0 Å². The second-order valence-electron chi connectivity index (χ2n) is 4.49. The van der Waals surface area contributed by atoms with Crippen molar-refractivity contribution in [3.05, 3.63) is 29.6 Å². The van der Waals surface area contributed by atoms with Crippen molar-refractivity contribution in [1.82, 2.24) is 0 Å². The molecule has 17 heavy (non-hydrogen) atoms. The number of hydrogen-bond acceptors (Lipinski definition) is 2. The first kappa shape index (κ1) is 12.4. The fourth-order valence-corrected chi connectivity index (χ4v) is 2.20. The summed E-state index contributed by atoms with van der Waals surface area (Å²) < 4.78 is 19.2. The van der Waals surface area contributed by atoms with Gasteiger partial charge in [0.05, 0.1) is 12.7 Å². The Labute approximate surface area is 109 Å². The Morgan fingerprint density at radius 1 is 1.47 bits per heavy atom. The number of ether oxygens (including phenoxy) is 1. The highest BCUT2D eigenvalue weighted by molar-refractivity contribution is 9.08. The molecule has 0 N–H and O–H groups in total. The van der Waals surface area contributed by atoms with Crippen LogP contribution in [0.1, 0.15) is 24.8 Å². The summed E-state index contributed by atoms with van der Waals surface area (Å²) in [4.78, 5) is 0. The molecular weight excluding hydrogens is 285 g/mol. The molecule has 0 spiro atoms. The molecular formula is C13H13BrFNO. The molecule has 0 aromatic heterocycles. The van der Waals surface area contributed by atoms with Crippen LogP contribution in [-0.2, 0) is 5.33 Å². The molecule has 1 fully saturated rings. The number of alkyl halides is 1. The van der Waals surface area contributed by atoms with Crippen LogP contribution in [0.25, 0.3) is 0 Å². The second kappa shape index (κ2) is 5.05. The van der Waals surface area contributed by atoms with Gasteiger partial charge in [0.15, 0.2) is 11.6 Å². The number of rotatable bonds is 5. The Balaban J connectivity index is 2.07. The zero-order chi connectivity index (χ0) is 12.3. The first-order valence-electron chi connectivity index (χ1n) is 5.54. The zero-order valence-electron chi connectivity index (χ0n) is 9.38. The lowest BCUT2D eigenvalue weighted by Gasteiger charge is -2.15. The third-order valence-corrected chi connectivity index (χ3v) is 3.73. The molecule has 4 heteroatoms. The van der Waals surface area contributed by atoms with Gasteiger partial charge in [-0.25, -0.2) is 4.39 Å². The predicted octanol–water partition coefficient (Wildman–Crippen LogP) is 3.79. The van der Waals surface area contributed by atoms with Crippen LogP contribution in [0.15, 0.2) is 18.2 Å². The monoisotopic (exact) mass is 297 g/mol. The summed E-state index contributed by atoms with van der Waals surface area (Å²) in [5, 5.41) is 9.27. The molecule has 0 atom stereocenters. The van der Waals surface area contributed by atoms with Crippen molar-refractivity contribution in [3.8, 4) is 11.8 Å². The van der Waals surface area contributed by atoms with Gasteiger partial charge in [-0.2, -0.15) is 5.26 Å². The van der Waals surface area contributed by atoms with Gasteiger partial charge in [-0.05, 0) is 18.9 Å². The van der Waals surface area contributed by atoms with Gasteiger partial charge in [0.1, 0.15) is 0 Å². The Morgan fingerprint density at radius 3 is 2.82 bits per heavy atom. The van der Waals surface area contributed by atoms with Gasteiger partial charge in [-0.1, -0.05) is 28.1 Å². The van der Waals surface area contributed by atoms with Gasteiger partial charge in [0.25, 0.3) is 0 Å². The molecule has 2 nitrogen and oxygen atoms in total. The maximum atomic E-state index is 13.6. The summed E-state index contributed by atoms with van der Waals surface area (Å²) in [6, 6.07) is 7.06. The van der Waals surface area contributed by atoms with E-state index in [-0.39, 0.29) is 11.2 Å². The van der Waals surface area contributed by atoms with E-state index in [1.807, 2.05) is 6.07 Å². The summed E-state index contributed by atoms with van der Waals surface area (Å²) in [5.74, 6) is -0.0247. The van der Waals surface area contributed by atoms with Crippen LogP contribution in [0.2, 0.25) is 0 Å². The summed E-state index contributed by atoms with van der Waals surface area (Å²) in [5.41, 5.74) is 0.776. The number of nitrogens with zero attached hydrogens (tertiary/aromatic N) is 1. The highest BCUT2D eigenvalue weighted by atomic mass is 79.9. The standard InChI is InChI=1S/C13H13BrFNO/c14-8-10-2-1-3-11(15)12(10)17-9-13(4-5-13)6-7-16/h1-3H,4-6,8-9H2. The molecule has 1 aromatic carbocycles. The molecule has 0 saturated heterocycles. The molecule has 0 aliphatic heterocycles. The molecule has 0 bridgehead atoms. The number of hydrogen-bond donors (Lipinski definition) is 0. The van der Waals surface area contributed by atoms with E-state index in [1.165, 1.54) is 6.07 Å².